The Morgan fingerprint density at radius 2 is 2.07 bits per heavy atom. The maximum atomic E-state index is 11.4. The van der Waals surface area contributed by atoms with Crippen molar-refractivity contribution in [2.75, 3.05) is 5.32 Å². The third-order valence-corrected chi connectivity index (χ3v) is 2.18. The van der Waals surface area contributed by atoms with Crippen molar-refractivity contribution < 1.29 is 9.59 Å². The summed E-state index contributed by atoms with van der Waals surface area (Å²) in [6, 6.07) is 3.37. The monoisotopic (exact) mass is 188 g/mol. The topological polar surface area (TPSA) is 87.7 Å². The van der Waals surface area contributed by atoms with Crippen molar-refractivity contribution >= 4 is 28.4 Å². The number of Topliss-reactive ketones (excluding diaryl/α,β-unsaturated/α-hetero) is 1. The molecule has 0 saturated heterocycles. The second-order valence-electron chi connectivity index (χ2n) is 2.98. The Balaban J connectivity index is 2.46. The smallest absolute Gasteiger partial charge is 0.296 e. The van der Waals surface area contributed by atoms with Gasteiger partial charge in [-0.3, -0.25) is 14.7 Å². The van der Waals surface area contributed by atoms with Crippen LogP contribution in [0.4, 0.5) is 5.69 Å². The highest BCUT2D eigenvalue weighted by Crippen LogP contribution is 2.28. The van der Waals surface area contributed by atoms with Crippen molar-refractivity contribution in [3.8, 4) is 0 Å². The van der Waals surface area contributed by atoms with Crippen LogP contribution in [0.5, 0.6) is 0 Å². The van der Waals surface area contributed by atoms with Crippen LogP contribution in [-0.4, -0.2) is 27.1 Å². The molecule has 2 aromatic rings. The van der Waals surface area contributed by atoms with Crippen molar-refractivity contribution in [1.29, 1.82) is 0 Å². The van der Waals surface area contributed by atoms with Crippen LogP contribution >= 0.6 is 0 Å². The van der Waals surface area contributed by atoms with Crippen molar-refractivity contribution in [1.82, 2.24) is 15.4 Å². The summed E-state index contributed by atoms with van der Waals surface area (Å²) in [7, 11) is 0. The predicted molar refractivity (Wildman–Crippen MR) is 46.8 cm³/mol. The summed E-state index contributed by atoms with van der Waals surface area (Å²) >= 11 is 0. The first-order chi connectivity index (χ1) is 6.77. The Morgan fingerprint density at radius 1 is 1.21 bits per heavy atom. The Hall–Kier alpha value is -2.24. The number of ketones is 1. The normalized spacial score (nSPS) is 14.6. The molecule has 6 nitrogen and oxygen atoms in total. The van der Waals surface area contributed by atoms with Crippen LogP contribution in [-0.2, 0) is 4.79 Å². The first-order valence-corrected chi connectivity index (χ1v) is 3.97. The van der Waals surface area contributed by atoms with Gasteiger partial charge in [0.25, 0.3) is 11.7 Å². The molecule has 3 rings (SSSR count). The van der Waals surface area contributed by atoms with Crippen LogP contribution in [0.1, 0.15) is 10.4 Å². The number of aromatic nitrogens is 3. The van der Waals surface area contributed by atoms with Crippen molar-refractivity contribution in [2.45, 2.75) is 0 Å². The van der Waals surface area contributed by atoms with Crippen LogP contribution in [0, 0.1) is 0 Å². The van der Waals surface area contributed by atoms with E-state index in [1.165, 1.54) is 0 Å². The van der Waals surface area contributed by atoms with Gasteiger partial charge in [-0.1, -0.05) is 5.21 Å². The number of benzene rings is 1. The van der Waals surface area contributed by atoms with E-state index >= 15 is 0 Å². The number of hydrogen-bond acceptors (Lipinski definition) is 4. The molecule has 6 heteroatoms. The number of carbonyl (C=O) groups excluding carboxylic acids is 2. The number of rotatable bonds is 0. The average Bonchev–Trinajstić information content (AvgIpc) is 2.72. The molecule has 1 aliphatic rings. The fraction of sp³-hybridized carbons (Fsp3) is 0. The number of amides is 1. The molecule has 0 fully saturated rings. The molecule has 0 bridgehead atoms. The molecule has 14 heavy (non-hydrogen) atoms. The number of aromatic amines is 1. The second-order valence-corrected chi connectivity index (χ2v) is 2.98. The van der Waals surface area contributed by atoms with Crippen LogP contribution < -0.4 is 5.32 Å². The molecule has 68 valence electrons. The van der Waals surface area contributed by atoms with E-state index in [1.54, 1.807) is 12.1 Å². The lowest BCUT2D eigenvalue weighted by atomic mass is 10.1. The first-order valence-electron chi connectivity index (χ1n) is 3.97. The minimum Gasteiger partial charge on any atom is -0.318 e. The zero-order valence-electron chi connectivity index (χ0n) is 6.87. The summed E-state index contributed by atoms with van der Waals surface area (Å²) in [5.41, 5.74) is 1.89. The standard InChI is InChI=1S/C8H4N4O2/c13-7-5-3(9-8(7)14)1-2-4-6(5)11-12-10-4/h1-2H,(H,9,13,14)(H,10,11,12). The molecule has 0 spiro atoms. The largest absolute Gasteiger partial charge is 0.318 e. The predicted octanol–water partition coefficient (Wildman–Crippen LogP) is 0.0927. The van der Waals surface area contributed by atoms with Gasteiger partial charge in [-0.25, -0.2) is 0 Å². The Morgan fingerprint density at radius 3 is 2.93 bits per heavy atom. The van der Waals surface area contributed by atoms with E-state index in [0.717, 1.165) is 0 Å². The number of H-pyrrole nitrogens is 1. The van der Waals surface area contributed by atoms with Gasteiger partial charge < -0.3 is 5.32 Å². The number of nitrogens with zero attached hydrogens (tertiary/aromatic N) is 2. The van der Waals surface area contributed by atoms with Crippen LogP contribution in [0.2, 0.25) is 0 Å². The van der Waals surface area contributed by atoms with Gasteiger partial charge in [0.1, 0.15) is 5.52 Å². The summed E-state index contributed by atoms with van der Waals surface area (Å²) in [6.07, 6.45) is 0. The molecular formula is C8H4N4O2. The van der Waals surface area contributed by atoms with Crippen molar-refractivity contribution in [2.24, 2.45) is 0 Å². The van der Waals surface area contributed by atoms with E-state index < -0.39 is 11.7 Å². The van der Waals surface area contributed by atoms with Gasteiger partial charge in [0.2, 0.25) is 0 Å². The van der Waals surface area contributed by atoms with E-state index in [4.69, 9.17) is 0 Å². The average molecular weight is 188 g/mol. The Labute approximate surface area is 77.3 Å². The van der Waals surface area contributed by atoms with Gasteiger partial charge in [0, 0.05) is 0 Å². The molecule has 1 aliphatic heterocycles. The second kappa shape index (κ2) is 2.16. The summed E-state index contributed by atoms with van der Waals surface area (Å²) in [5, 5.41) is 12.4. The van der Waals surface area contributed by atoms with Crippen LogP contribution in [0.15, 0.2) is 12.1 Å². The van der Waals surface area contributed by atoms with Gasteiger partial charge in [0.05, 0.1) is 16.8 Å². The fourth-order valence-electron chi connectivity index (χ4n) is 1.54. The summed E-state index contributed by atoms with van der Waals surface area (Å²) < 4.78 is 0. The number of nitrogens with one attached hydrogen (secondary N) is 2. The number of anilines is 1. The highest BCUT2D eigenvalue weighted by molar-refractivity contribution is 6.53. The lowest BCUT2D eigenvalue weighted by Gasteiger charge is -1.94. The zero-order chi connectivity index (χ0) is 9.71. The highest BCUT2D eigenvalue weighted by Gasteiger charge is 2.31. The number of hydrogen-bond donors (Lipinski definition) is 2. The zero-order valence-corrected chi connectivity index (χ0v) is 6.87. The molecular weight excluding hydrogens is 184 g/mol. The molecule has 1 aromatic heterocycles. The molecule has 0 saturated carbocycles. The quantitative estimate of drug-likeness (QED) is 0.573. The maximum absolute atomic E-state index is 11.4. The summed E-state index contributed by atoms with van der Waals surface area (Å²) in [4.78, 5) is 22.5. The lowest BCUT2D eigenvalue weighted by Crippen LogP contribution is -2.12. The van der Waals surface area contributed by atoms with E-state index in [-0.39, 0.29) is 0 Å². The van der Waals surface area contributed by atoms with E-state index in [1.807, 2.05) is 0 Å². The first kappa shape index (κ1) is 7.19. The van der Waals surface area contributed by atoms with Crippen molar-refractivity contribution in [3.05, 3.63) is 17.7 Å². The Bertz CT molecular complexity index is 572. The lowest BCUT2D eigenvalue weighted by molar-refractivity contribution is -0.112. The van der Waals surface area contributed by atoms with Crippen LogP contribution in [0.25, 0.3) is 11.0 Å². The highest BCUT2D eigenvalue weighted by atomic mass is 16.2. The van der Waals surface area contributed by atoms with Crippen LogP contribution in [0.3, 0.4) is 0 Å². The third-order valence-electron chi connectivity index (χ3n) is 2.18. The van der Waals surface area contributed by atoms with Crippen molar-refractivity contribution in [3.63, 3.8) is 0 Å². The molecule has 1 aromatic carbocycles. The fourth-order valence-corrected chi connectivity index (χ4v) is 1.54. The molecule has 0 aliphatic carbocycles. The molecule has 1 amide bonds. The van der Waals surface area contributed by atoms with Gasteiger partial charge >= 0.3 is 0 Å². The SMILES string of the molecule is O=C1Nc2ccc3[nH]nnc3c2C1=O. The van der Waals surface area contributed by atoms with E-state index in [9.17, 15) is 9.59 Å². The third kappa shape index (κ3) is 0.698. The van der Waals surface area contributed by atoms with Gasteiger partial charge in [-0.2, -0.15) is 0 Å². The van der Waals surface area contributed by atoms with E-state index in [0.29, 0.717) is 22.3 Å². The van der Waals surface area contributed by atoms with Gasteiger partial charge in [0.15, 0.2) is 0 Å². The molecule has 0 atom stereocenters. The van der Waals surface area contributed by atoms with Gasteiger partial charge in [-0.05, 0) is 12.1 Å². The summed E-state index contributed by atoms with van der Waals surface area (Å²) in [5.74, 6) is -1.17. The van der Waals surface area contributed by atoms with Gasteiger partial charge in [-0.15, -0.1) is 5.10 Å². The molecule has 0 radical (unpaired) electrons. The molecule has 2 N–H and O–H groups in total. The minimum absolute atomic E-state index is 0.307. The molecule has 0 unspecified atom stereocenters. The minimum atomic E-state index is -0.615. The molecule has 2 heterocycles. The Kier molecular flexibility index (Phi) is 1.11. The number of fused-ring (bicyclic) bond motifs is 3. The van der Waals surface area contributed by atoms with E-state index in [2.05, 4.69) is 20.7 Å². The summed E-state index contributed by atoms with van der Waals surface area (Å²) in [6.45, 7) is 0. The maximum Gasteiger partial charge on any atom is 0.296 e. The number of carbonyl (C=O) groups is 2.